The minimum Gasteiger partial charge on any atom is -0.462 e. The van der Waals surface area contributed by atoms with Crippen LogP contribution in [0.3, 0.4) is 0 Å². The molecule has 2 rings (SSSR count). The molecule has 2 aliphatic heterocycles. The highest BCUT2D eigenvalue weighted by atomic mass is 16.7. The maximum absolute atomic E-state index is 13.0. The summed E-state index contributed by atoms with van der Waals surface area (Å²) in [6.07, 6.45) is 38.2. The molecule has 0 amide bonds. The van der Waals surface area contributed by atoms with Crippen LogP contribution < -0.4 is 0 Å². The molecule has 0 spiro atoms. The van der Waals surface area contributed by atoms with E-state index in [4.69, 9.17) is 28.4 Å². The van der Waals surface area contributed by atoms with Crippen molar-refractivity contribution in [3.8, 4) is 0 Å². The fraction of sp³-hybridized carbons (Fsp3) is 0.649. The molecule has 2 heterocycles. The van der Waals surface area contributed by atoms with Crippen LogP contribution in [-0.2, 0) is 38.0 Å². The number of unbranched alkanes of at least 4 members (excludes halogenated alkanes) is 7. The van der Waals surface area contributed by atoms with Gasteiger partial charge in [-0.15, -0.1) is 0 Å². The summed E-state index contributed by atoms with van der Waals surface area (Å²) in [6, 6.07) is 0. The first-order chi connectivity index (χ1) is 35.0. The van der Waals surface area contributed by atoms with Crippen molar-refractivity contribution in [1.29, 1.82) is 0 Å². The lowest BCUT2D eigenvalue weighted by molar-refractivity contribution is -0.332. The topological polar surface area (TPSA) is 231 Å². The quantitative estimate of drug-likeness (QED) is 0.0176. The number of rotatable bonds is 39. The Morgan fingerprint density at radius 1 is 0.458 bits per heavy atom. The molecule has 0 aromatic heterocycles. The van der Waals surface area contributed by atoms with Gasteiger partial charge in [0.15, 0.2) is 18.7 Å². The van der Waals surface area contributed by atoms with E-state index in [0.717, 1.165) is 96.3 Å². The number of aliphatic hydroxyl groups excluding tert-OH is 7. The van der Waals surface area contributed by atoms with E-state index in [2.05, 4.69) is 123 Å². The zero-order chi connectivity index (χ0) is 52.4. The summed E-state index contributed by atoms with van der Waals surface area (Å²) in [5, 5.41) is 72.2. The summed E-state index contributed by atoms with van der Waals surface area (Å²) in [4.78, 5) is 25.8. The van der Waals surface area contributed by atoms with Crippen molar-refractivity contribution in [2.75, 3.05) is 26.4 Å². The van der Waals surface area contributed by atoms with Gasteiger partial charge in [-0.1, -0.05) is 142 Å². The first kappa shape index (κ1) is 64.3. The first-order valence-corrected chi connectivity index (χ1v) is 26.5. The van der Waals surface area contributed by atoms with E-state index in [9.17, 15) is 45.3 Å². The maximum Gasteiger partial charge on any atom is 0.306 e. The number of allylic oxidation sites excluding steroid dienone is 18. The van der Waals surface area contributed by atoms with E-state index in [1.165, 1.54) is 6.42 Å². The van der Waals surface area contributed by atoms with E-state index in [1.54, 1.807) is 0 Å². The lowest BCUT2D eigenvalue weighted by atomic mass is 9.98. The maximum atomic E-state index is 13.0. The Hall–Kier alpha value is -3.84. The molecule has 0 radical (unpaired) electrons. The average molecular weight is 1020 g/mol. The fourth-order valence-corrected chi connectivity index (χ4v) is 7.41. The molecular weight excluding hydrogens is 925 g/mol. The third kappa shape index (κ3) is 29.8. The lowest BCUT2D eigenvalue weighted by Crippen LogP contribution is -2.61. The highest BCUT2D eigenvalue weighted by molar-refractivity contribution is 5.70. The third-order valence-electron chi connectivity index (χ3n) is 11.7. The number of carbonyl (C=O) groups is 2. The minimum absolute atomic E-state index is 0.113. The second-order valence-corrected chi connectivity index (χ2v) is 18.0. The van der Waals surface area contributed by atoms with Gasteiger partial charge in [0.05, 0.1) is 19.8 Å². The summed E-state index contributed by atoms with van der Waals surface area (Å²) in [6.45, 7) is 2.31. The van der Waals surface area contributed by atoms with Gasteiger partial charge in [-0.05, 0) is 96.3 Å². The van der Waals surface area contributed by atoms with Gasteiger partial charge in [-0.3, -0.25) is 9.59 Å². The molecule has 7 N–H and O–H groups in total. The van der Waals surface area contributed by atoms with Crippen LogP contribution in [0, 0.1) is 0 Å². The molecule has 15 nitrogen and oxygen atoms in total. The van der Waals surface area contributed by atoms with Gasteiger partial charge in [0.1, 0.15) is 55.4 Å². The summed E-state index contributed by atoms with van der Waals surface area (Å²) >= 11 is 0. The van der Waals surface area contributed by atoms with Crippen molar-refractivity contribution in [2.24, 2.45) is 0 Å². The Morgan fingerprint density at radius 2 is 0.875 bits per heavy atom. The molecule has 2 fully saturated rings. The Balaban J connectivity index is 1.83. The van der Waals surface area contributed by atoms with Crippen LogP contribution in [0.5, 0.6) is 0 Å². The standard InChI is InChI=1S/C57H90O15/c1-3-5-7-9-11-13-15-17-19-21-22-24-25-27-29-31-33-35-37-39-48(59)67-42-45(70-49(60)40-38-36-34-32-30-28-26-23-20-18-16-14-12-10-8-6-4-2)43-68-56-55(66)53(64)51(62)47(72-56)44-69-57-54(65)52(63)50(61)46(41-58)71-57/h5,7-8,10-11,13-14,16-17,19-20,22-24,27-30,45-47,50-58,61-66H,3-4,6,9,12,15,18,21,25-26,31-44H2,1-2H3/b7-5+,10-8+,13-11+,16-14+,19-17+,23-20+,24-22+,29-27+,30-28+/t45-,46+,47+,50-,51-,52?,53?,54?,55?,56+,57+/m0/s1. The summed E-state index contributed by atoms with van der Waals surface area (Å²) < 4.78 is 33.5. The molecule has 11 atom stereocenters. The van der Waals surface area contributed by atoms with Crippen molar-refractivity contribution in [3.63, 3.8) is 0 Å². The van der Waals surface area contributed by atoms with Crippen LogP contribution in [0.25, 0.3) is 0 Å². The van der Waals surface area contributed by atoms with Crippen molar-refractivity contribution < 1.29 is 73.8 Å². The number of hydrogen-bond donors (Lipinski definition) is 7. The normalized spacial score (nSPS) is 25.9. The Labute approximate surface area is 430 Å². The summed E-state index contributed by atoms with van der Waals surface area (Å²) in [5.74, 6) is -1.01. The van der Waals surface area contributed by atoms with Crippen molar-refractivity contribution >= 4 is 11.9 Å². The SMILES string of the molecule is CC/C=C/C/C=C/C/C=C/C/C=C/C/C=C/CCCCCC(=O)OC[C@@H](CO[C@@H]1O[C@H](CO[C@@H]2O[C@H](CO)[C@H](O)C(O)C2O)[C@H](O)C(O)C1O)OC(=O)CCCCC/C=C/C/C=C/C/C=C/C/C=C/CCC. The van der Waals surface area contributed by atoms with E-state index in [1.807, 2.05) is 0 Å². The predicted octanol–water partition coefficient (Wildman–Crippen LogP) is 7.93. The molecule has 0 bridgehead atoms. The van der Waals surface area contributed by atoms with Gasteiger partial charge >= 0.3 is 11.9 Å². The molecule has 2 saturated heterocycles. The summed E-state index contributed by atoms with van der Waals surface area (Å²) in [7, 11) is 0. The molecule has 0 aromatic carbocycles. The molecule has 0 aromatic rings. The largest absolute Gasteiger partial charge is 0.462 e. The number of esters is 2. The van der Waals surface area contributed by atoms with E-state index < -0.39 is 99.3 Å². The van der Waals surface area contributed by atoms with Crippen molar-refractivity contribution in [2.45, 2.75) is 210 Å². The molecule has 4 unspecified atom stereocenters. The number of ether oxygens (including phenoxy) is 6. The molecule has 2 aliphatic rings. The second-order valence-electron chi connectivity index (χ2n) is 18.0. The zero-order valence-electron chi connectivity index (χ0n) is 43.1. The average Bonchev–Trinajstić information content (AvgIpc) is 3.37. The molecule has 408 valence electrons. The molecule has 0 aliphatic carbocycles. The van der Waals surface area contributed by atoms with Crippen LogP contribution in [0.4, 0.5) is 0 Å². The van der Waals surface area contributed by atoms with Gasteiger partial charge in [-0.25, -0.2) is 0 Å². The van der Waals surface area contributed by atoms with E-state index in [-0.39, 0.29) is 19.4 Å². The zero-order valence-corrected chi connectivity index (χ0v) is 43.1. The van der Waals surface area contributed by atoms with Crippen LogP contribution in [0.2, 0.25) is 0 Å². The highest BCUT2D eigenvalue weighted by Crippen LogP contribution is 2.26. The number of aliphatic hydroxyl groups is 7. The highest BCUT2D eigenvalue weighted by Gasteiger charge is 2.47. The molecular formula is C57H90O15. The summed E-state index contributed by atoms with van der Waals surface area (Å²) in [5.41, 5.74) is 0. The third-order valence-corrected chi connectivity index (χ3v) is 11.7. The Bertz CT molecular complexity index is 1660. The minimum atomic E-state index is -1.78. The Kier molecular flexibility index (Phi) is 37.9. The van der Waals surface area contributed by atoms with Gasteiger partial charge < -0.3 is 64.2 Å². The molecule has 15 heteroatoms. The van der Waals surface area contributed by atoms with Gasteiger partial charge in [-0.2, -0.15) is 0 Å². The van der Waals surface area contributed by atoms with E-state index in [0.29, 0.717) is 12.8 Å². The Morgan fingerprint density at radius 3 is 1.35 bits per heavy atom. The predicted molar refractivity (Wildman–Crippen MR) is 279 cm³/mol. The fourth-order valence-electron chi connectivity index (χ4n) is 7.41. The van der Waals surface area contributed by atoms with Crippen LogP contribution in [-0.4, -0.2) is 142 Å². The smallest absolute Gasteiger partial charge is 0.306 e. The van der Waals surface area contributed by atoms with Crippen molar-refractivity contribution in [3.05, 3.63) is 109 Å². The second kappa shape index (κ2) is 42.5. The van der Waals surface area contributed by atoms with Crippen LogP contribution >= 0.6 is 0 Å². The van der Waals surface area contributed by atoms with Crippen LogP contribution in [0.15, 0.2) is 109 Å². The molecule has 0 saturated carbocycles. The number of hydrogen-bond acceptors (Lipinski definition) is 15. The number of carbonyl (C=O) groups excluding carboxylic acids is 2. The monoisotopic (exact) mass is 1010 g/mol. The van der Waals surface area contributed by atoms with Gasteiger partial charge in [0.2, 0.25) is 0 Å². The van der Waals surface area contributed by atoms with Gasteiger partial charge in [0.25, 0.3) is 0 Å². The van der Waals surface area contributed by atoms with Gasteiger partial charge in [0, 0.05) is 12.8 Å². The van der Waals surface area contributed by atoms with E-state index >= 15 is 0 Å². The molecule has 72 heavy (non-hydrogen) atoms. The van der Waals surface area contributed by atoms with Crippen molar-refractivity contribution in [1.82, 2.24) is 0 Å². The first-order valence-electron chi connectivity index (χ1n) is 26.5. The van der Waals surface area contributed by atoms with Crippen LogP contribution in [0.1, 0.15) is 142 Å². The lowest BCUT2D eigenvalue weighted by Gasteiger charge is -2.42.